The second-order valence-electron chi connectivity index (χ2n) is 5.80. The van der Waals surface area contributed by atoms with E-state index in [4.69, 9.17) is 9.47 Å². The van der Waals surface area contributed by atoms with Crippen LogP contribution >= 0.6 is 0 Å². The zero-order valence-electron chi connectivity index (χ0n) is 11.9. The molecule has 110 valence electrons. The Hall–Kier alpha value is -0.650. The minimum absolute atomic E-state index is 0.131. The number of hydrogen-bond donors (Lipinski definition) is 2. The van der Waals surface area contributed by atoms with E-state index in [0.29, 0.717) is 18.4 Å². The predicted molar refractivity (Wildman–Crippen MR) is 73.0 cm³/mol. The predicted octanol–water partition coefficient (Wildman–Crippen LogP) is 0.688. The summed E-state index contributed by atoms with van der Waals surface area (Å²) in [5, 5.41) is 6.40. The number of amides is 1. The van der Waals surface area contributed by atoms with Gasteiger partial charge in [-0.3, -0.25) is 4.79 Å². The van der Waals surface area contributed by atoms with Crippen molar-refractivity contribution in [2.75, 3.05) is 40.0 Å². The molecule has 1 unspecified atom stereocenters. The van der Waals surface area contributed by atoms with Crippen molar-refractivity contribution < 1.29 is 14.3 Å². The highest BCUT2D eigenvalue weighted by molar-refractivity contribution is 5.76. The molecular weight excluding hydrogens is 244 g/mol. The zero-order chi connectivity index (χ0) is 13.6. The average molecular weight is 270 g/mol. The van der Waals surface area contributed by atoms with Gasteiger partial charge in [0.05, 0.1) is 13.2 Å². The highest BCUT2D eigenvalue weighted by Crippen LogP contribution is 2.43. The molecule has 1 aliphatic heterocycles. The molecule has 2 rings (SSSR count). The van der Waals surface area contributed by atoms with E-state index in [1.54, 1.807) is 7.11 Å². The first kappa shape index (κ1) is 14.8. The van der Waals surface area contributed by atoms with Crippen LogP contribution in [0, 0.1) is 5.41 Å². The Kier molecular flexibility index (Phi) is 5.60. The summed E-state index contributed by atoms with van der Waals surface area (Å²) in [4.78, 5) is 11.9. The van der Waals surface area contributed by atoms with Crippen molar-refractivity contribution in [3.05, 3.63) is 0 Å². The number of methoxy groups -OCH3 is 1. The molecule has 0 aromatic heterocycles. The van der Waals surface area contributed by atoms with Crippen molar-refractivity contribution in [2.45, 2.75) is 38.1 Å². The van der Waals surface area contributed by atoms with Gasteiger partial charge in [0.2, 0.25) is 5.91 Å². The van der Waals surface area contributed by atoms with E-state index in [2.05, 4.69) is 10.6 Å². The lowest BCUT2D eigenvalue weighted by molar-refractivity contribution is -0.123. The van der Waals surface area contributed by atoms with Crippen LogP contribution in [0.2, 0.25) is 0 Å². The van der Waals surface area contributed by atoms with Gasteiger partial charge in [0, 0.05) is 39.3 Å². The van der Waals surface area contributed by atoms with Crippen LogP contribution in [0.5, 0.6) is 0 Å². The number of ether oxygens (including phenoxy) is 2. The summed E-state index contributed by atoms with van der Waals surface area (Å²) in [6.07, 6.45) is 5.26. The maximum absolute atomic E-state index is 11.9. The van der Waals surface area contributed by atoms with Gasteiger partial charge in [-0.2, -0.15) is 0 Å². The fourth-order valence-corrected chi connectivity index (χ4v) is 2.84. The van der Waals surface area contributed by atoms with E-state index >= 15 is 0 Å². The quantitative estimate of drug-likeness (QED) is 0.714. The summed E-state index contributed by atoms with van der Waals surface area (Å²) in [6.45, 7) is 3.81. The third kappa shape index (κ3) is 4.44. The molecule has 19 heavy (non-hydrogen) atoms. The molecule has 1 saturated carbocycles. The summed E-state index contributed by atoms with van der Waals surface area (Å²) >= 11 is 0. The second kappa shape index (κ2) is 7.22. The average Bonchev–Trinajstić information content (AvgIpc) is 2.38. The first-order valence-electron chi connectivity index (χ1n) is 7.31. The number of morpholine rings is 1. The summed E-state index contributed by atoms with van der Waals surface area (Å²) in [5.74, 6) is 0.131. The summed E-state index contributed by atoms with van der Waals surface area (Å²) in [6, 6.07) is 0.171. The Morgan fingerprint density at radius 1 is 1.53 bits per heavy atom. The molecule has 1 saturated heterocycles. The van der Waals surface area contributed by atoms with Crippen molar-refractivity contribution in [3.8, 4) is 0 Å². The van der Waals surface area contributed by atoms with Gasteiger partial charge in [0.1, 0.15) is 0 Å². The molecule has 5 heteroatoms. The van der Waals surface area contributed by atoms with Crippen molar-refractivity contribution in [3.63, 3.8) is 0 Å². The van der Waals surface area contributed by atoms with Gasteiger partial charge in [0.25, 0.3) is 0 Å². The van der Waals surface area contributed by atoms with E-state index in [1.807, 2.05) is 0 Å². The van der Waals surface area contributed by atoms with E-state index in [-0.39, 0.29) is 11.9 Å². The van der Waals surface area contributed by atoms with Crippen LogP contribution in [-0.2, 0) is 14.3 Å². The molecule has 5 nitrogen and oxygen atoms in total. The molecule has 2 aliphatic rings. The SMILES string of the molecule is COCCC1(CNC(=O)CC2COCCN2)CCC1. The number of hydrogen-bond acceptors (Lipinski definition) is 4. The van der Waals surface area contributed by atoms with E-state index in [0.717, 1.165) is 32.7 Å². The van der Waals surface area contributed by atoms with Crippen LogP contribution in [0.3, 0.4) is 0 Å². The normalized spacial score (nSPS) is 25.6. The van der Waals surface area contributed by atoms with Gasteiger partial charge < -0.3 is 20.1 Å². The first-order chi connectivity index (χ1) is 9.24. The number of carbonyl (C=O) groups excluding carboxylic acids is 1. The molecule has 2 N–H and O–H groups in total. The van der Waals surface area contributed by atoms with Crippen LogP contribution in [0.1, 0.15) is 32.1 Å². The van der Waals surface area contributed by atoms with Crippen LogP contribution in [0.15, 0.2) is 0 Å². The van der Waals surface area contributed by atoms with E-state index in [1.165, 1.54) is 19.3 Å². The van der Waals surface area contributed by atoms with Gasteiger partial charge >= 0.3 is 0 Å². The number of nitrogens with one attached hydrogen (secondary N) is 2. The molecule has 1 amide bonds. The first-order valence-corrected chi connectivity index (χ1v) is 7.31. The minimum atomic E-state index is 0.131. The van der Waals surface area contributed by atoms with Crippen molar-refractivity contribution in [2.24, 2.45) is 5.41 Å². The van der Waals surface area contributed by atoms with Gasteiger partial charge in [-0.15, -0.1) is 0 Å². The lowest BCUT2D eigenvalue weighted by atomic mass is 9.66. The fraction of sp³-hybridized carbons (Fsp3) is 0.929. The van der Waals surface area contributed by atoms with Crippen molar-refractivity contribution >= 4 is 5.91 Å². The lowest BCUT2D eigenvalue weighted by Gasteiger charge is -2.42. The summed E-state index contributed by atoms with van der Waals surface area (Å²) < 4.78 is 10.5. The van der Waals surface area contributed by atoms with Crippen LogP contribution in [0.4, 0.5) is 0 Å². The highest BCUT2D eigenvalue weighted by atomic mass is 16.5. The molecule has 0 bridgehead atoms. The third-order valence-electron chi connectivity index (χ3n) is 4.34. The smallest absolute Gasteiger partial charge is 0.221 e. The molecule has 0 aromatic rings. The number of rotatable bonds is 7. The lowest BCUT2D eigenvalue weighted by Crippen LogP contribution is -2.47. The van der Waals surface area contributed by atoms with Gasteiger partial charge in [0.15, 0.2) is 0 Å². The minimum Gasteiger partial charge on any atom is -0.385 e. The molecule has 1 atom stereocenters. The maximum Gasteiger partial charge on any atom is 0.221 e. The maximum atomic E-state index is 11.9. The van der Waals surface area contributed by atoms with Crippen LogP contribution < -0.4 is 10.6 Å². The molecule has 0 aromatic carbocycles. The van der Waals surface area contributed by atoms with Gasteiger partial charge in [-0.25, -0.2) is 0 Å². The van der Waals surface area contributed by atoms with Crippen molar-refractivity contribution in [1.82, 2.24) is 10.6 Å². The largest absolute Gasteiger partial charge is 0.385 e. The molecule has 1 aliphatic carbocycles. The Labute approximate surface area is 115 Å². The molecule has 0 radical (unpaired) electrons. The molecular formula is C14H26N2O3. The molecule has 2 fully saturated rings. The van der Waals surface area contributed by atoms with E-state index < -0.39 is 0 Å². The topological polar surface area (TPSA) is 59.6 Å². The Balaban J connectivity index is 1.66. The monoisotopic (exact) mass is 270 g/mol. The van der Waals surface area contributed by atoms with Crippen molar-refractivity contribution in [1.29, 1.82) is 0 Å². The third-order valence-corrected chi connectivity index (χ3v) is 4.34. The van der Waals surface area contributed by atoms with Crippen LogP contribution in [0.25, 0.3) is 0 Å². The second-order valence-corrected chi connectivity index (χ2v) is 5.80. The fourth-order valence-electron chi connectivity index (χ4n) is 2.84. The Morgan fingerprint density at radius 2 is 2.37 bits per heavy atom. The molecule has 0 spiro atoms. The zero-order valence-corrected chi connectivity index (χ0v) is 11.9. The Morgan fingerprint density at radius 3 is 2.95 bits per heavy atom. The van der Waals surface area contributed by atoms with Gasteiger partial charge in [-0.1, -0.05) is 6.42 Å². The standard InChI is InChI=1S/C14H26N2O3/c1-18-7-5-14(3-2-4-14)11-16-13(17)9-12-10-19-8-6-15-12/h12,15H,2-11H2,1H3,(H,16,17). The Bertz CT molecular complexity index is 286. The highest BCUT2D eigenvalue weighted by Gasteiger charge is 2.36. The summed E-state index contributed by atoms with van der Waals surface area (Å²) in [5.41, 5.74) is 0.294. The van der Waals surface area contributed by atoms with Crippen LogP contribution in [-0.4, -0.2) is 52.0 Å². The number of carbonyl (C=O) groups is 1. The summed E-state index contributed by atoms with van der Waals surface area (Å²) in [7, 11) is 1.74. The van der Waals surface area contributed by atoms with Gasteiger partial charge in [-0.05, 0) is 24.7 Å². The van der Waals surface area contributed by atoms with E-state index in [9.17, 15) is 4.79 Å². The molecule has 1 heterocycles.